The number of rotatable bonds is 4. The van der Waals surface area contributed by atoms with Crippen molar-refractivity contribution in [3.63, 3.8) is 0 Å². The monoisotopic (exact) mass is 313 g/mol. The first kappa shape index (κ1) is 16.4. The van der Waals surface area contributed by atoms with Gasteiger partial charge in [0.15, 0.2) is 0 Å². The van der Waals surface area contributed by atoms with E-state index in [2.05, 4.69) is 20.7 Å². The maximum absolute atomic E-state index is 11.9. The number of methoxy groups -OCH3 is 1. The minimum atomic E-state index is -0.564. The Bertz CT molecular complexity index is 684. The molecule has 6 heteroatoms. The number of aryl methyl sites for hydroxylation is 1. The van der Waals surface area contributed by atoms with Crippen molar-refractivity contribution < 1.29 is 14.3 Å². The topological polar surface area (TPSA) is 79.5 Å². The molecule has 0 aliphatic rings. The van der Waals surface area contributed by atoms with Crippen molar-refractivity contribution in [2.45, 2.75) is 13.5 Å². The third kappa shape index (κ3) is 5.35. The number of carbonyl (C=O) groups excluding carboxylic acids is 2. The molecule has 0 saturated carbocycles. The van der Waals surface area contributed by atoms with Crippen LogP contribution in [0.4, 0.5) is 21.0 Å². The van der Waals surface area contributed by atoms with Gasteiger partial charge in [-0.05, 0) is 30.7 Å². The molecule has 0 saturated heterocycles. The van der Waals surface area contributed by atoms with E-state index in [4.69, 9.17) is 0 Å². The second kappa shape index (κ2) is 7.84. The van der Waals surface area contributed by atoms with Gasteiger partial charge in [-0.1, -0.05) is 35.9 Å². The summed E-state index contributed by atoms with van der Waals surface area (Å²) in [5.74, 6) is 0. The first-order valence-electron chi connectivity index (χ1n) is 7.12. The summed E-state index contributed by atoms with van der Waals surface area (Å²) in [6, 6.07) is 14.4. The summed E-state index contributed by atoms with van der Waals surface area (Å²) in [6.45, 7) is 2.45. The molecular formula is C17H19N3O3. The highest BCUT2D eigenvalue weighted by Gasteiger charge is 2.04. The van der Waals surface area contributed by atoms with Crippen molar-refractivity contribution in [1.29, 1.82) is 0 Å². The van der Waals surface area contributed by atoms with Crippen LogP contribution in [-0.2, 0) is 11.3 Å². The fourth-order valence-corrected chi connectivity index (χ4v) is 1.91. The molecular weight excluding hydrogens is 294 g/mol. The lowest BCUT2D eigenvalue weighted by atomic mass is 10.1. The second-order valence-corrected chi connectivity index (χ2v) is 4.99. The lowest BCUT2D eigenvalue weighted by Crippen LogP contribution is -2.28. The van der Waals surface area contributed by atoms with Gasteiger partial charge >= 0.3 is 12.1 Å². The van der Waals surface area contributed by atoms with Gasteiger partial charge < -0.3 is 15.4 Å². The number of carbonyl (C=O) groups is 2. The van der Waals surface area contributed by atoms with Crippen molar-refractivity contribution in [3.05, 3.63) is 59.7 Å². The van der Waals surface area contributed by atoms with Crippen LogP contribution in [-0.4, -0.2) is 19.2 Å². The summed E-state index contributed by atoms with van der Waals surface area (Å²) in [5.41, 5.74) is 3.30. The maximum Gasteiger partial charge on any atom is 0.411 e. The summed E-state index contributed by atoms with van der Waals surface area (Å²) in [7, 11) is 1.29. The number of hydrogen-bond donors (Lipinski definition) is 3. The second-order valence-electron chi connectivity index (χ2n) is 4.99. The van der Waals surface area contributed by atoms with Crippen LogP contribution in [0, 0.1) is 6.92 Å². The number of ether oxygens (including phenoxy) is 1. The molecule has 2 aromatic rings. The highest BCUT2D eigenvalue weighted by atomic mass is 16.5. The molecule has 0 aromatic heterocycles. The Hall–Kier alpha value is -3.02. The molecule has 23 heavy (non-hydrogen) atoms. The Balaban J connectivity index is 1.88. The summed E-state index contributed by atoms with van der Waals surface area (Å²) < 4.78 is 4.52. The zero-order valence-electron chi connectivity index (χ0n) is 13.1. The maximum atomic E-state index is 11.9. The van der Waals surface area contributed by atoms with Crippen LogP contribution in [0.1, 0.15) is 11.1 Å². The predicted octanol–water partition coefficient (Wildman–Crippen LogP) is 3.50. The largest absolute Gasteiger partial charge is 0.453 e. The van der Waals surface area contributed by atoms with E-state index in [-0.39, 0.29) is 6.03 Å². The Morgan fingerprint density at radius 3 is 2.30 bits per heavy atom. The van der Waals surface area contributed by atoms with E-state index in [9.17, 15) is 9.59 Å². The van der Waals surface area contributed by atoms with E-state index in [0.29, 0.717) is 17.9 Å². The summed E-state index contributed by atoms with van der Waals surface area (Å²) in [5, 5.41) is 8.02. The number of urea groups is 1. The van der Waals surface area contributed by atoms with Crippen molar-refractivity contribution in [2.24, 2.45) is 0 Å². The quantitative estimate of drug-likeness (QED) is 0.808. The van der Waals surface area contributed by atoms with Crippen LogP contribution in [0.3, 0.4) is 0 Å². The lowest BCUT2D eigenvalue weighted by Gasteiger charge is -2.09. The number of nitrogens with one attached hydrogen (secondary N) is 3. The van der Waals surface area contributed by atoms with Crippen LogP contribution < -0.4 is 16.0 Å². The van der Waals surface area contributed by atoms with Crippen LogP contribution in [0.25, 0.3) is 0 Å². The Kier molecular flexibility index (Phi) is 5.57. The molecule has 0 unspecified atom stereocenters. The molecule has 0 atom stereocenters. The molecule has 120 valence electrons. The highest BCUT2D eigenvalue weighted by Crippen LogP contribution is 2.15. The van der Waals surface area contributed by atoms with E-state index in [1.54, 1.807) is 24.3 Å². The molecule has 0 aliphatic carbocycles. The molecule has 2 aromatic carbocycles. The minimum Gasteiger partial charge on any atom is -0.453 e. The fraction of sp³-hybridized carbons (Fsp3) is 0.176. The Labute approximate surface area is 134 Å². The van der Waals surface area contributed by atoms with Gasteiger partial charge in [0.05, 0.1) is 7.11 Å². The van der Waals surface area contributed by atoms with Gasteiger partial charge in [-0.15, -0.1) is 0 Å². The van der Waals surface area contributed by atoms with Crippen molar-refractivity contribution in [2.75, 3.05) is 17.7 Å². The van der Waals surface area contributed by atoms with Gasteiger partial charge in [0.1, 0.15) is 0 Å². The summed E-state index contributed by atoms with van der Waals surface area (Å²) >= 11 is 0. The van der Waals surface area contributed by atoms with Gasteiger partial charge in [-0.2, -0.15) is 0 Å². The molecule has 2 rings (SSSR count). The fourth-order valence-electron chi connectivity index (χ4n) is 1.91. The van der Waals surface area contributed by atoms with Crippen LogP contribution >= 0.6 is 0 Å². The molecule has 0 fully saturated rings. The van der Waals surface area contributed by atoms with Crippen LogP contribution in [0.2, 0.25) is 0 Å². The van der Waals surface area contributed by atoms with E-state index < -0.39 is 6.09 Å². The number of anilines is 2. The molecule has 6 nitrogen and oxygen atoms in total. The third-order valence-electron chi connectivity index (χ3n) is 3.13. The molecule has 0 aliphatic heterocycles. The van der Waals surface area contributed by atoms with E-state index in [1.807, 2.05) is 31.2 Å². The summed E-state index contributed by atoms with van der Waals surface area (Å²) in [4.78, 5) is 23.1. The van der Waals surface area contributed by atoms with Crippen LogP contribution in [0.15, 0.2) is 48.5 Å². The minimum absolute atomic E-state index is 0.319. The standard InChI is InChI=1S/C17H19N3O3/c1-12-6-8-13(9-7-12)11-18-16(21)19-14-4-3-5-15(10-14)20-17(22)23-2/h3-10H,11H2,1-2H3,(H,20,22)(H2,18,19,21). The van der Waals surface area contributed by atoms with Crippen molar-refractivity contribution >= 4 is 23.5 Å². The van der Waals surface area contributed by atoms with E-state index >= 15 is 0 Å². The molecule has 3 N–H and O–H groups in total. The first-order chi connectivity index (χ1) is 11.1. The highest BCUT2D eigenvalue weighted by molar-refractivity contribution is 5.91. The van der Waals surface area contributed by atoms with Crippen molar-refractivity contribution in [1.82, 2.24) is 5.32 Å². The van der Waals surface area contributed by atoms with E-state index in [1.165, 1.54) is 12.7 Å². The lowest BCUT2D eigenvalue weighted by molar-refractivity contribution is 0.187. The van der Waals surface area contributed by atoms with Gasteiger partial charge in [-0.3, -0.25) is 5.32 Å². The average molecular weight is 313 g/mol. The molecule has 0 bridgehead atoms. The van der Waals surface area contributed by atoms with Crippen LogP contribution in [0.5, 0.6) is 0 Å². The molecule has 0 radical (unpaired) electrons. The predicted molar refractivity (Wildman–Crippen MR) is 89.5 cm³/mol. The first-order valence-corrected chi connectivity index (χ1v) is 7.12. The zero-order chi connectivity index (χ0) is 16.7. The van der Waals surface area contributed by atoms with Gasteiger partial charge in [-0.25, -0.2) is 9.59 Å². The molecule has 3 amide bonds. The zero-order valence-corrected chi connectivity index (χ0v) is 13.1. The Morgan fingerprint density at radius 2 is 1.65 bits per heavy atom. The molecule has 0 spiro atoms. The van der Waals surface area contributed by atoms with Gasteiger partial charge in [0, 0.05) is 17.9 Å². The van der Waals surface area contributed by atoms with E-state index in [0.717, 1.165) is 5.56 Å². The molecule has 0 heterocycles. The average Bonchev–Trinajstić information content (AvgIpc) is 2.54. The van der Waals surface area contributed by atoms with Crippen molar-refractivity contribution in [3.8, 4) is 0 Å². The summed E-state index contributed by atoms with van der Waals surface area (Å²) in [6.07, 6.45) is -0.564. The Morgan fingerprint density at radius 1 is 1.00 bits per heavy atom. The number of benzene rings is 2. The smallest absolute Gasteiger partial charge is 0.411 e. The van der Waals surface area contributed by atoms with Gasteiger partial charge in [0.25, 0.3) is 0 Å². The number of amides is 3. The normalized spacial score (nSPS) is 9.83. The number of hydrogen-bond acceptors (Lipinski definition) is 3. The SMILES string of the molecule is COC(=O)Nc1cccc(NC(=O)NCc2ccc(C)cc2)c1. The van der Waals surface area contributed by atoms with Gasteiger partial charge in [0.2, 0.25) is 0 Å². The third-order valence-corrected chi connectivity index (χ3v) is 3.13.